The molecule has 1 aromatic heterocycles. The number of aromatic nitrogens is 1. The number of carbonyl (C=O) groups excluding carboxylic acids is 1. The second-order valence-electron chi connectivity index (χ2n) is 8.10. The molecule has 13 heteroatoms. The van der Waals surface area contributed by atoms with Crippen molar-refractivity contribution in [1.82, 2.24) is 4.57 Å². The Balaban J connectivity index is 1.75. The third-order valence-electron chi connectivity index (χ3n) is 5.76. The van der Waals surface area contributed by atoms with Crippen LogP contribution in [-0.4, -0.2) is 45.3 Å². The number of carboxylic acids is 1. The molecular formula is C26H18N4O8S. The number of para-hydroxylation sites is 1. The highest BCUT2D eigenvalue weighted by atomic mass is 32.2. The summed E-state index contributed by atoms with van der Waals surface area (Å²) in [5.74, 6) is -2.82. The molecule has 0 unspecified atom stereocenters. The van der Waals surface area contributed by atoms with E-state index in [2.05, 4.69) is 5.10 Å². The number of carbonyl (C=O) groups is 2. The van der Waals surface area contributed by atoms with Crippen LogP contribution in [-0.2, 0) is 19.7 Å². The van der Waals surface area contributed by atoms with Crippen LogP contribution in [0.5, 0.6) is 5.88 Å². The maximum absolute atomic E-state index is 13.0. The van der Waals surface area contributed by atoms with Gasteiger partial charge in [0.2, 0.25) is 5.88 Å². The van der Waals surface area contributed by atoms with Gasteiger partial charge in [-0.05, 0) is 61.0 Å². The largest absolute Gasteiger partial charge is 0.494 e. The summed E-state index contributed by atoms with van der Waals surface area (Å²) in [4.78, 5) is 37.2. The Bertz CT molecular complexity index is 1810. The van der Waals surface area contributed by atoms with Crippen LogP contribution in [0.1, 0.15) is 16.7 Å². The van der Waals surface area contributed by atoms with Gasteiger partial charge in [0.1, 0.15) is 11.6 Å². The van der Waals surface area contributed by atoms with Gasteiger partial charge in [0.15, 0.2) is 5.71 Å². The minimum atomic E-state index is -4.48. The molecule has 1 aliphatic heterocycles. The minimum Gasteiger partial charge on any atom is -0.494 e. The number of anilines is 1. The molecule has 3 N–H and O–H groups in total. The fourth-order valence-corrected chi connectivity index (χ4v) is 4.32. The predicted molar refractivity (Wildman–Crippen MR) is 139 cm³/mol. The number of benzene rings is 2. The Labute approximate surface area is 221 Å². The third-order valence-corrected chi connectivity index (χ3v) is 6.63. The molecule has 1 amide bonds. The minimum absolute atomic E-state index is 0.0422. The molecule has 12 nitrogen and oxygen atoms in total. The third kappa shape index (κ3) is 4.97. The van der Waals surface area contributed by atoms with E-state index in [0.29, 0.717) is 5.69 Å². The second-order valence-corrected chi connectivity index (χ2v) is 9.53. The van der Waals surface area contributed by atoms with Crippen LogP contribution in [0.3, 0.4) is 0 Å². The van der Waals surface area contributed by atoms with E-state index < -0.39 is 44.0 Å². The van der Waals surface area contributed by atoms with Crippen molar-refractivity contribution in [1.29, 1.82) is 5.26 Å². The van der Waals surface area contributed by atoms with Crippen molar-refractivity contribution < 1.29 is 32.8 Å². The number of hydrogen-bond donors (Lipinski definition) is 3. The van der Waals surface area contributed by atoms with E-state index >= 15 is 0 Å². The Hall–Kier alpha value is -5.32. The quantitative estimate of drug-likeness (QED) is 0.308. The van der Waals surface area contributed by atoms with Gasteiger partial charge in [-0.2, -0.15) is 23.8 Å². The van der Waals surface area contributed by atoms with Crippen molar-refractivity contribution in [3.8, 4) is 17.6 Å². The summed E-state index contributed by atoms with van der Waals surface area (Å²) in [6, 6.07) is 14.4. The average molecular weight is 547 g/mol. The molecule has 3 aromatic rings. The maximum atomic E-state index is 13.0. The van der Waals surface area contributed by atoms with Crippen molar-refractivity contribution in [2.24, 2.45) is 5.10 Å². The van der Waals surface area contributed by atoms with Crippen LogP contribution in [0.15, 0.2) is 87.1 Å². The average Bonchev–Trinajstić information content (AvgIpc) is 3.23. The molecule has 0 bridgehead atoms. The van der Waals surface area contributed by atoms with E-state index in [0.717, 1.165) is 27.8 Å². The summed E-state index contributed by atoms with van der Waals surface area (Å²) in [7, 11) is -4.48. The first kappa shape index (κ1) is 26.7. The van der Waals surface area contributed by atoms with Crippen LogP contribution in [0, 0.1) is 18.3 Å². The number of hydrogen-bond acceptors (Lipinski definition) is 8. The van der Waals surface area contributed by atoms with Crippen LogP contribution < -0.4 is 10.6 Å². The molecule has 4 rings (SSSR count). The molecule has 1 aliphatic rings. The van der Waals surface area contributed by atoms with Gasteiger partial charge in [0.05, 0.1) is 21.8 Å². The molecule has 0 aliphatic carbocycles. The summed E-state index contributed by atoms with van der Waals surface area (Å²) in [5.41, 5.74) is -1.25. The predicted octanol–water partition coefficient (Wildman–Crippen LogP) is 2.40. The molecule has 0 fully saturated rings. The van der Waals surface area contributed by atoms with E-state index in [1.165, 1.54) is 31.2 Å². The molecule has 0 saturated carbocycles. The van der Waals surface area contributed by atoms with Gasteiger partial charge >= 0.3 is 5.97 Å². The Morgan fingerprint density at radius 2 is 1.69 bits per heavy atom. The molecular weight excluding hydrogens is 528 g/mol. The number of rotatable bonds is 6. The van der Waals surface area contributed by atoms with Gasteiger partial charge in [-0.1, -0.05) is 24.3 Å². The summed E-state index contributed by atoms with van der Waals surface area (Å²) in [6.45, 7) is 1.46. The van der Waals surface area contributed by atoms with Crippen molar-refractivity contribution in [2.75, 3.05) is 5.01 Å². The monoisotopic (exact) mass is 546 g/mol. The standard InChI is InChI=1S/C26H18N4O8S/c1-15-19(23(31)29(24(32)21(15)14-27)16-6-3-2-4-7-16)8-5-9-20-22(26(34)35)28-30(25(20)33)17-10-12-18(13-11-17)39(36,37)38/h2-13,31H,1H3,(H,34,35)(H,36,37,38). The van der Waals surface area contributed by atoms with Gasteiger partial charge < -0.3 is 10.2 Å². The number of nitriles is 1. The zero-order valence-electron chi connectivity index (χ0n) is 20.0. The van der Waals surface area contributed by atoms with Gasteiger partial charge in [-0.25, -0.2) is 9.36 Å². The van der Waals surface area contributed by atoms with E-state index in [-0.39, 0.29) is 28.0 Å². The smallest absolute Gasteiger partial charge is 0.357 e. The fourth-order valence-electron chi connectivity index (χ4n) is 3.84. The normalized spacial score (nSPS) is 14.6. The topological polar surface area (TPSA) is 190 Å². The summed E-state index contributed by atoms with van der Waals surface area (Å²) in [6.07, 6.45) is 3.72. The number of allylic oxidation sites excluding steroid dienone is 2. The first-order valence-electron chi connectivity index (χ1n) is 11.0. The lowest BCUT2D eigenvalue weighted by Gasteiger charge is -2.14. The molecule has 2 aromatic carbocycles. The number of carboxylic acid groups (broad SMARTS) is 1. The van der Waals surface area contributed by atoms with Crippen molar-refractivity contribution in [3.05, 3.63) is 99.4 Å². The number of amides is 1. The first-order valence-corrected chi connectivity index (χ1v) is 12.5. The Kier molecular flexibility index (Phi) is 7.00. The van der Waals surface area contributed by atoms with E-state index in [9.17, 15) is 38.3 Å². The Morgan fingerprint density at radius 1 is 1.05 bits per heavy atom. The van der Waals surface area contributed by atoms with Crippen LogP contribution in [0.4, 0.5) is 5.69 Å². The van der Waals surface area contributed by atoms with E-state index in [1.54, 1.807) is 30.3 Å². The number of nitrogens with zero attached hydrogens (tertiary/aromatic N) is 4. The molecule has 0 radical (unpaired) electrons. The first-order chi connectivity index (χ1) is 18.5. The Morgan fingerprint density at radius 3 is 2.26 bits per heavy atom. The number of aromatic hydroxyl groups is 1. The van der Waals surface area contributed by atoms with E-state index in [1.807, 2.05) is 6.07 Å². The molecule has 39 heavy (non-hydrogen) atoms. The lowest BCUT2D eigenvalue weighted by atomic mass is 10.0. The van der Waals surface area contributed by atoms with E-state index in [4.69, 9.17) is 4.55 Å². The molecule has 0 atom stereocenters. The van der Waals surface area contributed by atoms with Gasteiger partial charge in [0, 0.05) is 5.56 Å². The number of pyridine rings is 1. The second kappa shape index (κ2) is 10.2. The van der Waals surface area contributed by atoms with Crippen LogP contribution >= 0.6 is 0 Å². The summed E-state index contributed by atoms with van der Waals surface area (Å²) < 4.78 is 32.6. The van der Waals surface area contributed by atoms with Gasteiger partial charge in [0.25, 0.3) is 21.6 Å². The number of aliphatic carboxylic acids is 1. The lowest BCUT2D eigenvalue weighted by Crippen LogP contribution is -2.23. The summed E-state index contributed by atoms with van der Waals surface area (Å²) in [5, 5.41) is 34.6. The highest BCUT2D eigenvalue weighted by Gasteiger charge is 2.35. The maximum Gasteiger partial charge on any atom is 0.357 e. The lowest BCUT2D eigenvalue weighted by molar-refractivity contribution is -0.129. The van der Waals surface area contributed by atoms with Crippen LogP contribution in [0.2, 0.25) is 0 Å². The van der Waals surface area contributed by atoms with Gasteiger partial charge in [-0.3, -0.25) is 14.1 Å². The zero-order chi connectivity index (χ0) is 28.5. The van der Waals surface area contributed by atoms with Crippen LogP contribution in [0.25, 0.3) is 11.8 Å². The van der Waals surface area contributed by atoms with Crippen molar-refractivity contribution >= 4 is 39.5 Å². The highest BCUT2D eigenvalue weighted by molar-refractivity contribution is 7.85. The highest BCUT2D eigenvalue weighted by Crippen LogP contribution is 2.28. The van der Waals surface area contributed by atoms with Crippen molar-refractivity contribution in [2.45, 2.75) is 11.8 Å². The SMILES string of the molecule is Cc1c(C=CC=C2C(=O)N(c3ccc(S(=O)(=O)O)cc3)N=C2C(=O)O)c(O)n(-c2ccccc2)c(=O)c1C#N. The number of hydrazone groups is 1. The van der Waals surface area contributed by atoms with Crippen molar-refractivity contribution in [3.63, 3.8) is 0 Å². The van der Waals surface area contributed by atoms with Gasteiger partial charge in [-0.15, -0.1) is 0 Å². The summed E-state index contributed by atoms with van der Waals surface area (Å²) >= 11 is 0. The fraction of sp³-hybridized carbons (Fsp3) is 0.0385. The molecule has 0 spiro atoms. The molecule has 196 valence electrons. The molecule has 0 saturated heterocycles. The molecule has 2 heterocycles. The zero-order valence-corrected chi connectivity index (χ0v) is 20.8.